The molecule has 7 heteroatoms. The number of esters is 1. The maximum atomic E-state index is 10.4. The van der Waals surface area contributed by atoms with Gasteiger partial charge in [0.1, 0.15) is 0 Å². The highest BCUT2D eigenvalue weighted by molar-refractivity contribution is 5.71. The fourth-order valence-electron chi connectivity index (χ4n) is 1.28. The van der Waals surface area contributed by atoms with Crippen molar-refractivity contribution >= 4 is 17.9 Å². The van der Waals surface area contributed by atoms with Gasteiger partial charge in [0.05, 0.1) is 6.61 Å². The van der Waals surface area contributed by atoms with Crippen molar-refractivity contribution < 1.29 is 19.4 Å². The van der Waals surface area contributed by atoms with E-state index in [4.69, 9.17) is 20.0 Å². The molecule has 126 valence electrons. The number of carbonyl (C=O) groups excluding carboxylic acids is 1. The highest BCUT2D eigenvalue weighted by atomic mass is 16.5. The number of carbonyl (C=O) groups is 2. The van der Waals surface area contributed by atoms with Gasteiger partial charge in [0.15, 0.2) is 5.96 Å². The summed E-state index contributed by atoms with van der Waals surface area (Å²) >= 11 is 0. The zero-order valence-corrected chi connectivity index (χ0v) is 13.5. The van der Waals surface area contributed by atoms with E-state index in [1.807, 2.05) is 0 Å². The van der Waals surface area contributed by atoms with Crippen LogP contribution in [0.25, 0.3) is 0 Å². The predicted octanol–water partition coefficient (Wildman–Crippen LogP) is 2.23. The number of aliphatic carboxylic acids is 1. The number of carboxylic acid groups (broad SMARTS) is 1. The number of ether oxygens (including phenoxy) is 1. The lowest BCUT2D eigenvalue weighted by atomic mass is 10.1. The Bertz CT molecular complexity index is 251. The van der Waals surface area contributed by atoms with Crippen LogP contribution >= 0.6 is 0 Å². The van der Waals surface area contributed by atoms with Gasteiger partial charge in [-0.2, -0.15) is 0 Å². The molecule has 0 aliphatic carbocycles. The molecule has 0 aliphatic heterocycles. The minimum atomic E-state index is -0.833. The first-order chi connectivity index (χ1) is 9.73. The third kappa shape index (κ3) is 71.0. The number of unbranched alkanes of at least 4 members (excludes halogenated alkanes) is 6. The van der Waals surface area contributed by atoms with E-state index in [9.17, 15) is 4.79 Å². The number of hydrogen-bond acceptors (Lipinski definition) is 4. The molecule has 0 unspecified atom stereocenters. The van der Waals surface area contributed by atoms with Crippen LogP contribution in [0.15, 0.2) is 0 Å². The molecular weight excluding hydrogens is 274 g/mol. The van der Waals surface area contributed by atoms with Gasteiger partial charge in [-0.05, 0) is 6.42 Å². The topological polar surface area (TPSA) is 139 Å². The Morgan fingerprint density at radius 2 is 1.33 bits per heavy atom. The molecule has 0 aromatic carbocycles. The van der Waals surface area contributed by atoms with Gasteiger partial charge in [0, 0.05) is 13.8 Å². The summed E-state index contributed by atoms with van der Waals surface area (Å²) in [7, 11) is 0. The predicted molar refractivity (Wildman–Crippen MR) is 84.0 cm³/mol. The van der Waals surface area contributed by atoms with E-state index in [-0.39, 0.29) is 11.9 Å². The van der Waals surface area contributed by atoms with E-state index in [0.29, 0.717) is 6.61 Å². The molecule has 0 aromatic heterocycles. The van der Waals surface area contributed by atoms with Crippen LogP contribution in [-0.2, 0) is 14.3 Å². The molecule has 0 aromatic rings. The molecule has 21 heavy (non-hydrogen) atoms. The summed E-state index contributed by atoms with van der Waals surface area (Å²) in [5, 5.41) is 13.5. The molecule has 0 saturated heterocycles. The van der Waals surface area contributed by atoms with Crippen molar-refractivity contribution in [2.75, 3.05) is 6.61 Å². The highest BCUT2D eigenvalue weighted by Gasteiger charge is 1.93. The van der Waals surface area contributed by atoms with Crippen molar-refractivity contribution in [2.24, 2.45) is 11.5 Å². The van der Waals surface area contributed by atoms with Crippen molar-refractivity contribution in [1.29, 1.82) is 5.41 Å². The quantitative estimate of drug-likeness (QED) is 0.235. The Kier molecular flexibility index (Phi) is 23.7. The average molecular weight is 305 g/mol. The van der Waals surface area contributed by atoms with Crippen molar-refractivity contribution in [3.05, 3.63) is 0 Å². The van der Waals surface area contributed by atoms with Gasteiger partial charge >= 0.3 is 5.97 Å². The maximum absolute atomic E-state index is 10.4. The van der Waals surface area contributed by atoms with E-state index in [2.05, 4.69) is 18.4 Å². The summed E-state index contributed by atoms with van der Waals surface area (Å²) in [5.41, 5.74) is 8.94. The molecule has 6 N–H and O–H groups in total. The largest absolute Gasteiger partial charge is 0.481 e. The molecule has 0 spiro atoms. The molecule has 0 radical (unpaired) electrons. The molecule has 0 amide bonds. The van der Waals surface area contributed by atoms with Crippen molar-refractivity contribution in [3.63, 3.8) is 0 Å². The summed E-state index contributed by atoms with van der Waals surface area (Å²) in [6, 6.07) is 0. The first-order valence-electron chi connectivity index (χ1n) is 7.16. The van der Waals surface area contributed by atoms with E-state index < -0.39 is 5.97 Å². The summed E-state index contributed by atoms with van der Waals surface area (Å²) in [5.74, 6) is -1.33. The third-order valence-corrected chi connectivity index (χ3v) is 2.05. The van der Waals surface area contributed by atoms with Crippen LogP contribution in [-0.4, -0.2) is 29.6 Å². The van der Waals surface area contributed by atoms with Crippen LogP contribution in [0.2, 0.25) is 0 Å². The van der Waals surface area contributed by atoms with Crippen LogP contribution < -0.4 is 11.5 Å². The monoisotopic (exact) mass is 305 g/mol. The summed E-state index contributed by atoms with van der Waals surface area (Å²) < 4.78 is 4.83. The third-order valence-electron chi connectivity index (χ3n) is 2.05. The standard InChI is InChI=1S/C11H22O2.C2H4O2.CH5N3/c1-3-4-5-6-7-8-9-10-13-11(2)12;1-2(3)4;2-1(3)4/h3-10H2,1-2H3;1H3,(H,3,4);(H5,2,3,4). The van der Waals surface area contributed by atoms with Crippen LogP contribution in [0, 0.1) is 5.41 Å². The van der Waals surface area contributed by atoms with Crippen LogP contribution in [0.4, 0.5) is 0 Å². The number of rotatable bonds is 8. The van der Waals surface area contributed by atoms with Crippen molar-refractivity contribution in [3.8, 4) is 0 Å². The Labute approximate surface area is 127 Å². The van der Waals surface area contributed by atoms with Gasteiger partial charge in [0.2, 0.25) is 0 Å². The van der Waals surface area contributed by atoms with E-state index in [1.165, 1.54) is 45.4 Å². The van der Waals surface area contributed by atoms with E-state index in [0.717, 1.165) is 13.3 Å². The molecule has 0 aliphatic rings. The SMILES string of the molecule is CC(=O)O.CCCCCCCCCOC(C)=O.N=C(N)N. The number of nitrogens with two attached hydrogens (primary N) is 2. The van der Waals surface area contributed by atoms with Crippen LogP contribution in [0.3, 0.4) is 0 Å². The molecule has 7 nitrogen and oxygen atoms in total. The summed E-state index contributed by atoms with van der Waals surface area (Å²) in [6.45, 7) is 5.37. The Morgan fingerprint density at radius 1 is 1.00 bits per heavy atom. The molecule has 0 bridgehead atoms. The van der Waals surface area contributed by atoms with Crippen LogP contribution in [0.1, 0.15) is 65.7 Å². The zero-order chi connectivity index (χ0) is 17.1. The van der Waals surface area contributed by atoms with Gasteiger partial charge in [-0.1, -0.05) is 45.4 Å². The molecular formula is C14H31N3O4. The maximum Gasteiger partial charge on any atom is 0.302 e. The van der Waals surface area contributed by atoms with Gasteiger partial charge in [-0.25, -0.2) is 0 Å². The minimum absolute atomic E-state index is 0.161. The fourth-order valence-corrected chi connectivity index (χ4v) is 1.28. The van der Waals surface area contributed by atoms with E-state index in [1.54, 1.807) is 0 Å². The number of guanidine groups is 1. The summed E-state index contributed by atoms with van der Waals surface area (Å²) in [6.07, 6.45) is 8.82. The lowest BCUT2D eigenvalue weighted by molar-refractivity contribution is -0.141. The molecule has 0 fully saturated rings. The Hall–Kier alpha value is -1.79. The lowest BCUT2D eigenvalue weighted by Crippen LogP contribution is -2.20. The molecule has 0 atom stereocenters. The number of carboxylic acids is 1. The normalized spacial score (nSPS) is 8.52. The lowest BCUT2D eigenvalue weighted by Gasteiger charge is -2.01. The smallest absolute Gasteiger partial charge is 0.302 e. The minimum Gasteiger partial charge on any atom is -0.481 e. The fraction of sp³-hybridized carbons (Fsp3) is 0.786. The summed E-state index contributed by atoms with van der Waals surface area (Å²) in [4.78, 5) is 19.4. The zero-order valence-electron chi connectivity index (χ0n) is 13.5. The molecule has 0 rings (SSSR count). The first-order valence-corrected chi connectivity index (χ1v) is 7.16. The Balaban J connectivity index is -0.000000334. The van der Waals surface area contributed by atoms with E-state index >= 15 is 0 Å². The van der Waals surface area contributed by atoms with Crippen molar-refractivity contribution in [1.82, 2.24) is 0 Å². The average Bonchev–Trinajstić information content (AvgIpc) is 2.31. The Morgan fingerprint density at radius 3 is 1.67 bits per heavy atom. The molecule has 0 heterocycles. The van der Waals surface area contributed by atoms with Gasteiger partial charge in [0.25, 0.3) is 5.97 Å². The first kappa shape index (κ1) is 24.2. The van der Waals surface area contributed by atoms with Gasteiger partial charge < -0.3 is 21.3 Å². The second kappa shape index (κ2) is 20.5. The van der Waals surface area contributed by atoms with Crippen molar-refractivity contribution in [2.45, 2.75) is 65.7 Å². The second-order valence-corrected chi connectivity index (χ2v) is 4.44. The van der Waals surface area contributed by atoms with Gasteiger partial charge in [-0.15, -0.1) is 0 Å². The van der Waals surface area contributed by atoms with Gasteiger partial charge in [-0.3, -0.25) is 15.0 Å². The molecule has 0 saturated carbocycles. The second-order valence-electron chi connectivity index (χ2n) is 4.44. The number of hydrogen-bond donors (Lipinski definition) is 4. The number of nitrogens with one attached hydrogen (secondary N) is 1. The van der Waals surface area contributed by atoms with Crippen LogP contribution in [0.5, 0.6) is 0 Å². The highest BCUT2D eigenvalue weighted by Crippen LogP contribution is 2.06.